The number of rotatable bonds is 1. The van der Waals surface area contributed by atoms with Crippen LogP contribution in [0.1, 0.15) is 59.1 Å². The maximum absolute atomic E-state index is 4.13. The van der Waals surface area contributed by atoms with Crippen molar-refractivity contribution >= 4 is 0 Å². The van der Waals surface area contributed by atoms with E-state index in [1.165, 1.54) is 17.5 Å². The molecule has 1 aromatic rings. The van der Waals surface area contributed by atoms with Crippen LogP contribution in [0.5, 0.6) is 0 Å². The number of hydrogen-bond donors (Lipinski definition) is 0. The van der Waals surface area contributed by atoms with Gasteiger partial charge >= 0.3 is 0 Å². The van der Waals surface area contributed by atoms with Crippen molar-refractivity contribution in [1.82, 2.24) is 4.98 Å². The lowest BCUT2D eigenvalue weighted by atomic mass is 9.84. The van der Waals surface area contributed by atoms with Gasteiger partial charge in [-0.05, 0) is 29.0 Å². The Balaban J connectivity index is 0.000000583. The van der Waals surface area contributed by atoms with E-state index in [9.17, 15) is 0 Å². The molecule has 0 aliphatic carbocycles. The van der Waals surface area contributed by atoms with Crippen molar-refractivity contribution in [3.05, 3.63) is 29.6 Å². The topological polar surface area (TPSA) is 12.9 Å². The molecule has 0 atom stereocenters. The molecule has 0 spiro atoms. The molecule has 1 nitrogen and oxygen atoms in total. The van der Waals surface area contributed by atoms with Gasteiger partial charge in [0.15, 0.2) is 0 Å². The molecule has 0 radical (unpaired) electrons. The summed E-state index contributed by atoms with van der Waals surface area (Å²) in [7, 11) is 0. The summed E-state index contributed by atoms with van der Waals surface area (Å²) in [5, 5.41) is 0. The lowest BCUT2D eigenvalue weighted by Crippen LogP contribution is -2.14. The Morgan fingerprint density at radius 2 is 1.67 bits per heavy atom. The molecule has 1 rings (SSSR count). The second-order valence-electron chi connectivity index (χ2n) is 4.84. The van der Waals surface area contributed by atoms with Gasteiger partial charge in [-0.15, -0.1) is 0 Å². The van der Waals surface area contributed by atoms with Crippen LogP contribution < -0.4 is 0 Å². The van der Waals surface area contributed by atoms with Crippen molar-refractivity contribution < 1.29 is 0 Å². The van der Waals surface area contributed by atoms with Gasteiger partial charge in [-0.3, -0.25) is 4.98 Å². The second kappa shape index (κ2) is 6.60. The van der Waals surface area contributed by atoms with Gasteiger partial charge in [-0.1, -0.05) is 48.0 Å². The molecule has 1 heteroatoms. The minimum Gasteiger partial charge on any atom is -0.264 e. The lowest BCUT2D eigenvalue weighted by Gasteiger charge is -2.21. The van der Waals surface area contributed by atoms with Crippen molar-refractivity contribution in [2.75, 3.05) is 0 Å². The van der Waals surface area contributed by atoms with Crippen LogP contribution in [-0.4, -0.2) is 4.98 Å². The first kappa shape index (κ1) is 14.2. The second-order valence-corrected chi connectivity index (χ2v) is 4.84. The van der Waals surface area contributed by atoms with Crippen LogP contribution in [0.2, 0.25) is 0 Å². The van der Waals surface area contributed by atoms with Crippen LogP contribution in [0.4, 0.5) is 0 Å². The van der Waals surface area contributed by atoms with E-state index in [0.29, 0.717) is 0 Å². The molecule has 0 aromatic carbocycles. The summed E-state index contributed by atoms with van der Waals surface area (Å²) in [6.45, 7) is 13.1. The third-order valence-corrected chi connectivity index (χ3v) is 2.09. The Kier molecular flexibility index (Phi) is 6.23. The van der Waals surface area contributed by atoms with Crippen LogP contribution in [0.15, 0.2) is 18.5 Å². The summed E-state index contributed by atoms with van der Waals surface area (Å²) in [6, 6.07) is 2.12. The maximum atomic E-state index is 4.13. The van der Waals surface area contributed by atoms with Crippen molar-refractivity contribution in [2.24, 2.45) is 0 Å². The Morgan fingerprint density at radius 3 is 2.00 bits per heavy atom. The highest BCUT2D eigenvalue weighted by atomic mass is 14.6. The Hall–Kier alpha value is -0.850. The lowest BCUT2D eigenvalue weighted by molar-refractivity contribution is 0.582. The third kappa shape index (κ3) is 4.96. The van der Waals surface area contributed by atoms with Crippen LogP contribution in [0.3, 0.4) is 0 Å². The average Bonchev–Trinajstić information content (AvgIpc) is 2.18. The van der Waals surface area contributed by atoms with Gasteiger partial charge in [0.2, 0.25) is 0 Å². The summed E-state index contributed by atoms with van der Waals surface area (Å²) >= 11 is 0. The number of hydrogen-bond acceptors (Lipinski definition) is 1. The molecule has 0 aliphatic heterocycles. The molecule has 0 saturated carbocycles. The highest BCUT2D eigenvalue weighted by Gasteiger charge is 2.16. The molecular weight excluding hydrogens is 182 g/mol. The van der Waals surface area contributed by atoms with E-state index in [4.69, 9.17) is 0 Å². The molecule has 1 aromatic heterocycles. The predicted octanol–water partition coefficient (Wildman–Crippen LogP) is 4.36. The molecule has 0 N–H and O–H groups in total. The third-order valence-electron chi connectivity index (χ3n) is 2.09. The fourth-order valence-corrected chi connectivity index (χ4v) is 1.44. The van der Waals surface area contributed by atoms with Gasteiger partial charge in [0.25, 0.3) is 0 Å². The first-order chi connectivity index (χ1) is 6.97. The first-order valence-electron chi connectivity index (χ1n) is 5.90. The minimum atomic E-state index is 0.244. The first-order valence-corrected chi connectivity index (χ1v) is 5.90. The van der Waals surface area contributed by atoms with Gasteiger partial charge in [-0.2, -0.15) is 0 Å². The van der Waals surface area contributed by atoms with E-state index < -0.39 is 0 Å². The van der Waals surface area contributed by atoms with E-state index in [0.717, 1.165) is 6.42 Å². The summed E-state index contributed by atoms with van der Waals surface area (Å²) in [6.07, 6.45) is 6.17. The van der Waals surface area contributed by atoms with E-state index >= 15 is 0 Å². The van der Waals surface area contributed by atoms with Crippen molar-refractivity contribution in [3.8, 4) is 0 Å². The number of aryl methyl sites for hydroxylation is 1. The van der Waals surface area contributed by atoms with Gasteiger partial charge in [0.1, 0.15) is 0 Å². The molecule has 0 fully saturated rings. The molecule has 0 amide bonds. The fourth-order valence-electron chi connectivity index (χ4n) is 1.44. The summed E-state index contributed by atoms with van der Waals surface area (Å²) in [5.74, 6) is 0. The summed E-state index contributed by atoms with van der Waals surface area (Å²) in [5.41, 5.74) is 3.03. The normalized spacial score (nSPS) is 10.5. The van der Waals surface area contributed by atoms with Gasteiger partial charge in [-0.25, -0.2) is 0 Å². The van der Waals surface area contributed by atoms with Crippen molar-refractivity contribution in [1.29, 1.82) is 0 Å². The smallest absolute Gasteiger partial charge is 0.0302 e. The molecule has 86 valence electrons. The van der Waals surface area contributed by atoms with Crippen LogP contribution in [0, 0.1) is 0 Å². The molecule has 1 heterocycles. The van der Waals surface area contributed by atoms with E-state index in [1.54, 1.807) is 0 Å². The average molecular weight is 207 g/mol. The minimum absolute atomic E-state index is 0.244. The van der Waals surface area contributed by atoms with Gasteiger partial charge < -0.3 is 0 Å². The summed E-state index contributed by atoms with van der Waals surface area (Å²) in [4.78, 5) is 4.13. The van der Waals surface area contributed by atoms with Crippen molar-refractivity contribution in [3.63, 3.8) is 0 Å². The quantitative estimate of drug-likeness (QED) is 0.667. The molecule has 0 saturated heterocycles. The number of aromatic nitrogens is 1. The SMILES string of the molecule is CCC.CCc1cnccc1C(C)(C)C. The molecule has 0 bridgehead atoms. The Labute approximate surface area is 94.9 Å². The molecule has 0 aliphatic rings. The summed E-state index contributed by atoms with van der Waals surface area (Å²) < 4.78 is 0. The highest BCUT2D eigenvalue weighted by molar-refractivity contribution is 5.29. The van der Waals surface area contributed by atoms with Gasteiger partial charge in [0.05, 0.1) is 0 Å². The molecule has 0 unspecified atom stereocenters. The van der Waals surface area contributed by atoms with E-state index in [1.807, 2.05) is 12.4 Å². The van der Waals surface area contributed by atoms with Crippen LogP contribution in [0.25, 0.3) is 0 Å². The highest BCUT2D eigenvalue weighted by Crippen LogP contribution is 2.24. The van der Waals surface area contributed by atoms with Gasteiger partial charge in [0, 0.05) is 12.4 Å². The fraction of sp³-hybridized carbons (Fsp3) is 0.643. The predicted molar refractivity (Wildman–Crippen MR) is 68.3 cm³/mol. The molecule has 15 heavy (non-hydrogen) atoms. The largest absolute Gasteiger partial charge is 0.264 e. The van der Waals surface area contributed by atoms with Crippen LogP contribution >= 0.6 is 0 Å². The monoisotopic (exact) mass is 207 g/mol. The standard InChI is InChI=1S/C11H17N.C3H8/c1-5-9-8-12-7-6-10(9)11(2,3)4;1-3-2/h6-8H,5H2,1-4H3;3H2,1-2H3. The maximum Gasteiger partial charge on any atom is 0.0302 e. The zero-order chi connectivity index (χ0) is 11.9. The Morgan fingerprint density at radius 1 is 1.13 bits per heavy atom. The van der Waals surface area contributed by atoms with Crippen LogP contribution in [-0.2, 0) is 11.8 Å². The zero-order valence-corrected chi connectivity index (χ0v) is 11.1. The zero-order valence-electron chi connectivity index (χ0n) is 11.1. The Bertz CT molecular complexity index is 271. The molecular formula is C14H25N. The number of nitrogens with zero attached hydrogens (tertiary/aromatic N) is 1. The van der Waals surface area contributed by atoms with Crippen molar-refractivity contribution in [2.45, 2.75) is 59.8 Å². The number of pyridine rings is 1. The van der Waals surface area contributed by atoms with E-state index in [2.05, 4.69) is 52.6 Å². The van der Waals surface area contributed by atoms with E-state index in [-0.39, 0.29) is 5.41 Å².